The Morgan fingerprint density at radius 3 is 2.36 bits per heavy atom. The number of ether oxygens (including phenoxy) is 4. The molecule has 0 fully saturated rings. The molecule has 1 aliphatic rings. The lowest BCUT2D eigenvalue weighted by Gasteiger charge is -2.30. The summed E-state index contributed by atoms with van der Waals surface area (Å²) >= 11 is 0. The SMILES string of the molecule is COc1cc(C(=O)Nc2ccc3c(c2)C(O)CC(c2cccc(C)c2)O3)cc(OC)c1OC. The summed E-state index contributed by atoms with van der Waals surface area (Å²) in [5.41, 5.74) is 3.70. The Kier molecular flexibility index (Phi) is 6.42. The smallest absolute Gasteiger partial charge is 0.255 e. The number of aliphatic hydroxyl groups excluding tert-OH is 1. The van der Waals surface area contributed by atoms with Crippen molar-refractivity contribution in [1.82, 2.24) is 0 Å². The zero-order chi connectivity index (χ0) is 23.5. The van der Waals surface area contributed by atoms with Gasteiger partial charge in [-0.15, -0.1) is 0 Å². The highest BCUT2D eigenvalue weighted by molar-refractivity contribution is 6.05. The minimum absolute atomic E-state index is 0.230. The van der Waals surface area contributed by atoms with Gasteiger partial charge in [-0.05, 0) is 42.8 Å². The molecular weight excluding hydrogens is 422 g/mol. The van der Waals surface area contributed by atoms with E-state index in [1.165, 1.54) is 21.3 Å². The van der Waals surface area contributed by atoms with Crippen LogP contribution in [0.25, 0.3) is 0 Å². The maximum Gasteiger partial charge on any atom is 0.255 e. The summed E-state index contributed by atoms with van der Waals surface area (Å²) in [5.74, 6) is 1.44. The second-order valence-electron chi connectivity index (χ2n) is 7.89. The first-order chi connectivity index (χ1) is 15.9. The molecular formula is C26H27NO6. The van der Waals surface area contributed by atoms with E-state index in [4.69, 9.17) is 18.9 Å². The van der Waals surface area contributed by atoms with E-state index in [0.717, 1.165) is 11.1 Å². The molecule has 7 heteroatoms. The Labute approximate surface area is 192 Å². The molecule has 3 aromatic carbocycles. The fourth-order valence-electron chi connectivity index (χ4n) is 4.02. The molecule has 2 unspecified atom stereocenters. The number of carbonyl (C=O) groups excluding carboxylic acids is 1. The number of methoxy groups -OCH3 is 3. The zero-order valence-corrected chi connectivity index (χ0v) is 19.0. The number of aryl methyl sites for hydroxylation is 1. The average Bonchev–Trinajstić information content (AvgIpc) is 2.83. The third-order valence-electron chi connectivity index (χ3n) is 5.67. The normalized spacial score (nSPS) is 16.9. The Morgan fingerprint density at radius 1 is 1.00 bits per heavy atom. The molecule has 0 aliphatic carbocycles. The molecule has 4 rings (SSSR count). The van der Waals surface area contributed by atoms with Crippen molar-refractivity contribution < 1.29 is 28.8 Å². The van der Waals surface area contributed by atoms with Gasteiger partial charge in [0.1, 0.15) is 11.9 Å². The molecule has 0 saturated carbocycles. The molecule has 0 radical (unpaired) electrons. The molecule has 33 heavy (non-hydrogen) atoms. The average molecular weight is 450 g/mol. The highest BCUT2D eigenvalue weighted by Gasteiger charge is 2.28. The van der Waals surface area contributed by atoms with Crippen LogP contribution in [0.1, 0.15) is 45.7 Å². The van der Waals surface area contributed by atoms with Gasteiger partial charge in [0.25, 0.3) is 5.91 Å². The quantitative estimate of drug-likeness (QED) is 0.561. The maximum atomic E-state index is 12.9. The summed E-state index contributed by atoms with van der Waals surface area (Å²) in [6.07, 6.45) is -0.509. The van der Waals surface area contributed by atoms with E-state index >= 15 is 0 Å². The van der Waals surface area contributed by atoms with Crippen LogP contribution in [-0.4, -0.2) is 32.3 Å². The number of amides is 1. The van der Waals surface area contributed by atoms with Crippen molar-refractivity contribution in [3.8, 4) is 23.0 Å². The zero-order valence-electron chi connectivity index (χ0n) is 19.0. The van der Waals surface area contributed by atoms with Crippen LogP contribution in [0, 0.1) is 6.92 Å². The number of benzene rings is 3. The third-order valence-corrected chi connectivity index (χ3v) is 5.67. The molecule has 2 N–H and O–H groups in total. The summed E-state index contributed by atoms with van der Waals surface area (Å²) in [6, 6.07) is 16.5. The number of carbonyl (C=O) groups is 1. The summed E-state index contributed by atoms with van der Waals surface area (Å²) in [4.78, 5) is 12.9. The summed E-state index contributed by atoms with van der Waals surface area (Å²) < 4.78 is 22.1. The first-order valence-electron chi connectivity index (χ1n) is 10.6. The number of anilines is 1. The molecule has 2 atom stereocenters. The van der Waals surface area contributed by atoms with Gasteiger partial charge in [0.2, 0.25) is 5.75 Å². The van der Waals surface area contributed by atoms with Crippen molar-refractivity contribution in [2.24, 2.45) is 0 Å². The van der Waals surface area contributed by atoms with Gasteiger partial charge in [-0.3, -0.25) is 4.79 Å². The monoisotopic (exact) mass is 449 g/mol. The second kappa shape index (κ2) is 9.42. The lowest BCUT2D eigenvalue weighted by atomic mass is 9.94. The van der Waals surface area contributed by atoms with E-state index in [9.17, 15) is 9.90 Å². The lowest BCUT2D eigenvalue weighted by molar-refractivity contribution is 0.0657. The van der Waals surface area contributed by atoms with Crippen LogP contribution in [0.4, 0.5) is 5.69 Å². The number of aliphatic hydroxyl groups is 1. The number of rotatable bonds is 6. The fraction of sp³-hybridized carbons (Fsp3) is 0.269. The van der Waals surface area contributed by atoms with Gasteiger partial charge in [-0.25, -0.2) is 0 Å². The summed E-state index contributed by atoms with van der Waals surface area (Å²) in [5, 5.41) is 13.7. The first kappa shape index (κ1) is 22.5. The molecule has 0 bridgehead atoms. The van der Waals surface area contributed by atoms with Crippen LogP contribution >= 0.6 is 0 Å². The second-order valence-corrected chi connectivity index (χ2v) is 7.89. The molecule has 0 saturated heterocycles. The number of hydrogen-bond acceptors (Lipinski definition) is 6. The Hall–Kier alpha value is -3.71. The highest BCUT2D eigenvalue weighted by Crippen LogP contribution is 2.42. The molecule has 0 aromatic heterocycles. The van der Waals surface area contributed by atoms with Gasteiger partial charge in [-0.1, -0.05) is 29.8 Å². The van der Waals surface area contributed by atoms with Crippen LogP contribution in [0.2, 0.25) is 0 Å². The van der Waals surface area contributed by atoms with Crippen molar-refractivity contribution in [3.63, 3.8) is 0 Å². The molecule has 1 heterocycles. The lowest BCUT2D eigenvalue weighted by Crippen LogP contribution is -2.20. The summed E-state index contributed by atoms with van der Waals surface area (Å²) in [7, 11) is 4.49. The van der Waals surface area contributed by atoms with Crippen LogP contribution < -0.4 is 24.3 Å². The molecule has 7 nitrogen and oxygen atoms in total. The van der Waals surface area contributed by atoms with E-state index in [1.807, 2.05) is 25.1 Å². The largest absolute Gasteiger partial charge is 0.493 e. The number of hydrogen-bond donors (Lipinski definition) is 2. The highest BCUT2D eigenvalue weighted by atomic mass is 16.5. The van der Waals surface area contributed by atoms with Crippen LogP contribution in [-0.2, 0) is 0 Å². The van der Waals surface area contributed by atoms with Crippen LogP contribution in [0.5, 0.6) is 23.0 Å². The van der Waals surface area contributed by atoms with Gasteiger partial charge in [0.05, 0.1) is 27.4 Å². The van der Waals surface area contributed by atoms with Crippen LogP contribution in [0.15, 0.2) is 54.6 Å². The molecule has 1 amide bonds. The van der Waals surface area contributed by atoms with E-state index < -0.39 is 6.10 Å². The molecule has 0 spiro atoms. The van der Waals surface area contributed by atoms with Gasteiger partial charge >= 0.3 is 0 Å². The van der Waals surface area contributed by atoms with E-state index in [2.05, 4.69) is 11.4 Å². The van der Waals surface area contributed by atoms with Crippen molar-refractivity contribution >= 4 is 11.6 Å². The van der Waals surface area contributed by atoms with Gasteiger partial charge in [0.15, 0.2) is 11.5 Å². The van der Waals surface area contributed by atoms with Crippen molar-refractivity contribution in [2.45, 2.75) is 25.6 Å². The van der Waals surface area contributed by atoms with Gasteiger partial charge in [0, 0.05) is 23.2 Å². The van der Waals surface area contributed by atoms with Gasteiger partial charge < -0.3 is 29.4 Å². The maximum absolute atomic E-state index is 12.9. The Balaban J connectivity index is 1.55. The van der Waals surface area contributed by atoms with Crippen molar-refractivity contribution in [3.05, 3.63) is 76.9 Å². The third kappa shape index (κ3) is 4.59. The van der Waals surface area contributed by atoms with Crippen molar-refractivity contribution in [1.29, 1.82) is 0 Å². The summed E-state index contributed by atoms with van der Waals surface area (Å²) in [6.45, 7) is 2.03. The van der Waals surface area contributed by atoms with E-state index in [1.54, 1.807) is 30.3 Å². The number of nitrogens with one attached hydrogen (secondary N) is 1. The van der Waals surface area contributed by atoms with E-state index in [0.29, 0.717) is 46.2 Å². The Morgan fingerprint density at radius 2 is 1.73 bits per heavy atom. The topological polar surface area (TPSA) is 86.3 Å². The minimum Gasteiger partial charge on any atom is -0.493 e. The molecule has 172 valence electrons. The standard InChI is InChI=1S/C26H27NO6/c1-15-6-5-7-16(10-15)22-14-20(28)19-13-18(8-9-21(19)33-22)27-26(29)17-11-23(30-2)25(32-4)24(12-17)31-3/h5-13,20,22,28H,14H2,1-4H3,(H,27,29). The molecule has 1 aliphatic heterocycles. The Bertz CT molecular complexity index is 1150. The number of fused-ring (bicyclic) bond motifs is 1. The fourth-order valence-corrected chi connectivity index (χ4v) is 4.02. The molecule has 3 aromatic rings. The van der Waals surface area contributed by atoms with E-state index in [-0.39, 0.29) is 12.0 Å². The van der Waals surface area contributed by atoms with Gasteiger partial charge in [-0.2, -0.15) is 0 Å². The predicted molar refractivity (Wildman–Crippen MR) is 125 cm³/mol. The first-order valence-corrected chi connectivity index (χ1v) is 10.6. The predicted octanol–water partition coefficient (Wildman–Crippen LogP) is 4.83. The van der Waals surface area contributed by atoms with Crippen LogP contribution in [0.3, 0.4) is 0 Å². The minimum atomic E-state index is -0.711. The van der Waals surface area contributed by atoms with Crippen molar-refractivity contribution in [2.75, 3.05) is 26.6 Å².